The number of ether oxygens (including phenoxy) is 3. The zero-order chi connectivity index (χ0) is 27.8. The summed E-state index contributed by atoms with van der Waals surface area (Å²) < 4.78 is 18.0. The molecule has 0 aromatic heterocycles. The Kier molecular flexibility index (Phi) is 19.2. The van der Waals surface area contributed by atoms with Crippen LogP contribution >= 0.6 is 0 Å². The largest absolute Gasteiger partial charge is 0.496 e. The van der Waals surface area contributed by atoms with Gasteiger partial charge in [0.15, 0.2) is 0 Å². The number of hydrogen-bond donors (Lipinski definition) is 0. The van der Waals surface area contributed by atoms with Crippen molar-refractivity contribution < 1.29 is 19.0 Å². The molecule has 0 aliphatic carbocycles. The maximum absolute atomic E-state index is 11.6. The van der Waals surface area contributed by atoms with E-state index >= 15 is 0 Å². The first-order chi connectivity index (χ1) is 19.3. The second kappa shape index (κ2) is 22.6. The van der Waals surface area contributed by atoms with Crippen molar-refractivity contribution in [3.8, 4) is 5.75 Å². The van der Waals surface area contributed by atoms with Gasteiger partial charge in [0.25, 0.3) is 0 Å². The smallest absolute Gasteiger partial charge is 0.124 e. The minimum absolute atomic E-state index is 0.000725. The third kappa shape index (κ3) is 15.3. The molecule has 2 aromatic carbocycles. The number of rotatable bonds is 25. The summed E-state index contributed by atoms with van der Waals surface area (Å²) in [6.45, 7) is 3.80. The van der Waals surface area contributed by atoms with Crippen LogP contribution in [0.25, 0.3) is 0 Å². The van der Waals surface area contributed by atoms with E-state index < -0.39 is 0 Å². The summed E-state index contributed by atoms with van der Waals surface area (Å²) in [7, 11) is 1.68. The number of carbonyl (C=O) groups is 1. The monoisotopic (exact) mass is 538 g/mol. The topological polar surface area (TPSA) is 44.8 Å². The first-order valence-corrected chi connectivity index (χ1v) is 15.6. The van der Waals surface area contributed by atoms with E-state index in [1.54, 1.807) is 7.11 Å². The van der Waals surface area contributed by atoms with Gasteiger partial charge in [-0.25, -0.2) is 0 Å². The Balaban J connectivity index is 1.75. The molecule has 2 atom stereocenters. The maximum Gasteiger partial charge on any atom is 0.124 e. The van der Waals surface area contributed by atoms with Crippen LogP contribution in [0.15, 0.2) is 54.6 Å². The normalized spacial score (nSPS) is 12.8. The van der Waals surface area contributed by atoms with Crippen molar-refractivity contribution in [2.24, 2.45) is 5.92 Å². The van der Waals surface area contributed by atoms with E-state index in [2.05, 4.69) is 19.1 Å². The van der Waals surface area contributed by atoms with E-state index in [1.165, 1.54) is 77.0 Å². The first-order valence-electron chi connectivity index (χ1n) is 15.6. The summed E-state index contributed by atoms with van der Waals surface area (Å²) in [6.07, 6.45) is 19.9. The van der Waals surface area contributed by atoms with Crippen LogP contribution < -0.4 is 4.74 Å². The predicted molar refractivity (Wildman–Crippen MR) is 162 cm³/mol. The van der Waals surface area contributed by atoms with Crippen molar-refractivity contribution in [2.45, 2.75) is 123 Å². The molecule has 2 rings (SSSR count). The van der Waals surface area contributed by atoms with Gasteiger partial charge in [0.05, 0.1) is 33.0 Å². The van der Waals surface area contributed by atoms with Gasteiger partial charge in [-0.2, -0.15) is 0 Å². The predicted octanol–water partition coefficient (Wildman–Crippen LogP) is 9.48. The molecule has 0 spiro atoms. The van der Waals surface area contributed by atoms with Gasteiger partial charge in [0, 0.05) is 17.9 Å². The van der Waals surface area contributed by atoms with Crippen molar-refractivity contribution in [1.29, 1.82) is 0 Å². The van der Waals surface area contributed by atoms with Crippen molar-refractivity contribution in [3.05, 3.63) is 65.7 Å². The van der Waals surface area contributed by atoms with Crippen LogP contribution in [0, 0.1) is 5.92 Å². The Labute approximate surface area is 238 Å². The van der Waals surface area contributed by atoms with Gasteiger partial charge < -0.3 is 19.0 Å². The molecule has 0 amide bonds. The Morgan fingerprint density at radius 1 is 0.718 bits per heavy atom. The third-order valence-electron chi connectivity index (χ3n) is 7.61. The number of benzene rings is 2. The van der Waals surface area contributed by atoms with Gasteiger partial charge in [-0.1, -0.05) is 139 Å². The molecule has 2 aromatic rings. The zero-order valence-corrected chi connectivity index (χ0v) is 24.8. The van der Waals surface area contributed by atoms with E-state index in [1.807, 2.05) is 42.5 Å². The molecule has 0 bridgehead atoms. The van der Waals surface area contributed by atoms with Gasteiger partial charge >= 0.3 is 0 Å². The molecule has 39 heavy (non-hydrogen) atoms. The molecular formula is C35H54O4. The van der Waals surface area contributed by atoms with E-state index in [9.17, 15) is 4.79 Å². The fraction of sp³-hybridized carbons (Fsp3) is 0.629. The van der Waals surface area contributed by atoms with Gasteiger partial charge in [0.2, 0.25) is 0 Å². The van der Waals surface area contributed by atoms with Gasteiger partial charge in [-0.05, 0) is 18.1 Å². The standard InChI is InChI=1S/C35H54O4/c1-3-4-5-6-7-8-9-10-11-12-13-14-18-25-35(39-28-31-21-16-15-17-22-31)33(26-27-36)30-38-29-32-23-19-20-24-34(32)37-2/h15-17,19-24,27,33,35H,3-14,18,25-26,28-30H2,1-2H3/t33-,35+/m0/s1. The Morgan fingerprint density at radius 3 is 1.92 bits per heavy atom. The summed E-state index contributed by atoms with van der Waals surface area (Å²) in [5.41, 5.74) is 2.18. The Morgan fingerprint density at radius 2 is 1.31 bits per heavy atom. The molecule has 0 saturated heterocycles. The highest BCUT2D eigenvalue weighted by Gasteiger charge is 2.23. The molecule has 218 valence electrons. The fourth-order valence-corrected chi connectivity index (χ4v) is 5.19. The van der Waals surface area contributed by atoms with Crippen LogP contribution in [0.3, 0.4) is 0 Å². The molecule has 4 nitrogen and oxygen atoms in total. The molecule has 0 heterocycles. The summed E-state index contributed by atoms with van der Waals surface area (Å²) >= 11 is 0. The van der Waals surface area contributed by atoms with Crippen LogP contribution in [0.4, 0.5) is 0 Å². The fourth-order valence-electron chi connectivity index (χ4n) is 5.19. The molecule has 0 unspecified atom stereocenters. The van der Waals surface area contributed by atoms with Crippen molar-refractivity contribution in [2.75, 3.05) is 13.7 Å². The zero-order valence-electron chi connectivity index (χ0n) is 24.8. The van der Waals surface area contributed by atoms with Crippen LogP contribution in [0.2, 0.25) is 0 Å². The highest BCUT2D eigenvalue weighted by atomic mass is 16.5. The Hall–Kier alpha value is -2.17. The van der Waals surface area contributed by atoms with E-state index in [4.69, 9.17) is 14.2 Å². The van der Waals surface area contributed by atoms with E-state index in [-0.39, 0.29) is 12.0 Å². The minimum Gasteiger partial charge on any atom is -0.496 e. The summed E-state index contributed by atoms with van der Waals surface area (Å²) in [5.74, 6) is 0.867. The van der Waals surface area contributed by atoms with Crippen molar-refractivity contribution in [1.82, 2.24) is 0 Å². The van der Waals surface area contributed by atoms with E-state index in [0.717, 1.165) is 36.0 Å². The summed E-state index contributed by atoms with van der Waals surface area (Å²) in [5, 5.41) is 0. The lowest BCUT2D eigenvalue weighted by Crippen LogP contribution is -2.28. The number of methoxy groups -OCH3 is 1. The van der Waals surface area contributed by atoms with Crippen molar-refractivity contribution in [3.63, 3.8) is 0 Å². The van der Waals surface area contributed by atoms with Crippen LogP contribution in [0.1, 0.15) is 114 Å². The molecule has 0 saturated carbocycles. The lowest BCUT2D eigenvalue weighted by atomic mass is 9.94. The van der Waals surface area contributed by atoms with Crippen molar-refractivity contribution >= 4 is 6.29 Å². The summed E-state index contributed by atoms with van der Waals surface area (Å²) in [6, 6.07) is 18.2. The molecule has 0 fully saturated rings. The van der Waals surface area contributed by atoms with Gasteiger partial charge in [-0.3, -0.25) is 0 Å². The lowest BCUT2D eigenvalue weighted by molar-refractivity contribution is -0.112. The van der Waals surface area contributed by atoms with Gasteiger partial charge in [-0.15, -0.1) is 0 Å². The molecule has 0 radical (unpaired) electrons. The summed E-state index contributed by atoms with van der Waals surface area (Å²) in [4.78, 5) is 11.6. The highest BCUT2D eigenvalue weighted by molar-refractivity contribution is 5.49. The van der Waals surface area contributed by atoms with Crippen LogP contribution in [-0.4, -0.2) is 26.1 Å². The van der Waals surface area contributed by atoms with E-state index in [0.29, 0.717) is 26.2 Å². The lowest BCUT2D eigenvalue weighted by Gasteiger charge is -2.26. The third-order valence-corrected chi connectivity index (χ3v) is 7.61. The minimum atomic E-state index is 0.000725. The number of unbranched alkanes of at least 4 members (excludes halogenated alkanes) is 12. The quantitative estimate of drug-likeness (QED) is 0.0932. The second-order valence-corrected chi connectivity index (χ2v) is 10.9. The Bertz CT molecular complexity index is 838. The number of carbonyl (C=O) groups excluding carboxylic acids is 1. The molecule has 4 heteroatoms. The number of aldehydes is 1. The number of hydrogen-bond acceptors (Lipinski definition) is 4. The highest BCUT2D eigenvalue weighted by Crippen LogP contribution is 2.23. The average Bonchev–Trinajstić information content (AvgIpc) is 2.97. The molecule has 0 aliphatic rings. The van der Waals surface area contributed by atoms with Crippen LogP contribution in [-0.2, 0) is 27.5 Å². The van der Waals surface area contributed by atoms with Gasteiger partial charge in [0.1, 0.15) is 12.0 Å². The maximum atomic E-state index is 11.6. The molecule has 0 N–H and O–H groups in total. The SMILES string of the molecule is CCCCCCCCCCCCCCC[C@@H](OCc1ccccc1)[C@@H](CC=O)COCc1ccccc1OC. The molecule has 0 aliphatic heterocycles. The first kappa shape index (κ1) is 33.0. The second-order valence-electron chi connectivity index (χ2n) is 10.9. The number of para-hydroxylation sites is 1. The van der Waals surface area contributed by atoms with Crippen LogP contribution in [0.5, 0.6) is 5.75 Å². The molecular weight excluding hydrogens is 484 g/mol. The average molecular weight is 539 g/mol.